The normalized spacial score (nSPS) is 13.8. The van der Waals surface area contributed by atoms with Gasteiger partial charge in [0.15, 0.2) is 0 Å². The fourth-order valence-electron chi connectivity index (χ4n) is 0.451. The largest absolute Gasteiger partial charge is 0.379 e. The maximum atomic E-state index is 5.12. The van der Waals surface area contributed by atoms with Crippen molar-refractivity contribution >= 4 is 25.3 Å². The van der Waals surface area contributed by atoms with Crippen LogP contribution in [0.2, 0.25) is 0 Å². The van der Waals surface area contributed by atoms with E-state index < -0.39 is 0 Å². The van der Waals surface area contributed by atoms with E-state index in [0.717, 1.165) is 19.8 Å². The highest BCUT2D eigenvalue weighted by atomic mass is 32.2. The van der Waals surface area contributed by atoms with Crippen molar-refractivity contribution in [1.29, 1.82) is 0 Å². The third kappa shape index (κ3) is 19.1. The van der Waals surface area contributed by atoms with E-state index >= 15 is 0 Å². The summed E-state index contributed by atoms with van der Waals surface area (Å²) in [5, 5.41) is 0. The van der Waals surface area contributed by atoms with E-state index in [1.807, 2.05) is 6.92 Å². The second-order valence-corrected chi connectivity index (χ2v) is 4.02. The molecule has 0 aromatic carbocycles. The zero-order valence-corrected chi connectivity index (χ0v) is 9.73. The van der Waals surface area contributed by atoms with Crippen LogP contribution in [0.25, 0.3) is 0 Å². The van der Waals surface area contributed by atoms with Crippen LogP contribution < -0.4 is 0 Å². The minimum Gasteiger partial charge on any atom is -0.379 e. The zero-order chi connectivity index (χ0) is 9.94. The van der Waals surface area contributed by atoms with Gasteiger partial charge >= 0.3 is 0 Å². The summed E-state index contributed by atoms with van der Waals surface area (Å²) in [5.41, 5.74) is 0. The standard InChI is InChI=1S/C6H14O2S2.C2H4O/c1-2-7-3-4-8-5-6(9)10;1-2-3-1/h6,9-10H,2-5H2,1H3;1-2H2. The van der Waals surface area contributed by atoms with Crippen molar-refractivity contribution in [3.63, 3.8) is 0 Å². The van der Waals surface area contributed by atoms with Crippen molar-refractivity contribution in [3.8, 4) is 0 Å². The van der Waals surface area contributed by atoms with Gasteiger partial charge in [-0.05, 0) is 6.92 Å². The third-order valence-corrected chi connectivity index (χ3v) is 1.35. The molecule has 0 aromatic rings. The Morgan fingerprint density at radius 3 is 2.15 bits per heavy atom. The topological polar surface area (TPSA) is 31.0 Å². The Morgan fingerprint density at radius 1 is 1.23 bits per heavy atom. The lowest BCUT2D eigenvalue weighted by Gasteiger charge is -2.04. The molecule has 1 aliphatic rings. The molecule has 0 aliphatic carbocycles. The van der Waals surface area contributed by atoms with Crippen LogP contribution >= 0.6 is 25.3 Å². The molecule has 0 spiro atoms. The fraction of sp³-hybridized carbons (Fsp3) is 1.00. The average Bonchev–Trinajstić information content (AvgIpc) is 2.89. The van der Waals surface area contributed by atoms with E-state index in [0.29, 0.717) is 19.8 Å². The lowest BCUT2D eigenvalue weighted by molar-refractivity contribution is 0.0580. The number of epoxide rings is 1. The number of thiol groups is 2. The van der Waals surface area contributed by atoms with Gasteiger partial charge in [0.2, 0.25) is 0 Å². The molecular weight excluding hydrogens is 208 g/mol. The maximum Gasteiger partial charge on any atom is 0.0701 e. The lowest BCUT2D eigenvalue weighted by atomic mass is 10.7. The van der Waals surface area contributed by atoms with Crippen LogP contribution in [0.3, 0.4) is 0 Å². The Kier molecular flexibility index (Phi) is 11.1. The summed E-state index contributed by atoms with van der Waals surface area (Å²) in [6.45, 7) is 6.56. The highest BCUT2D eigenvalue weighted by Crippen LogP contribution is 1.98. The molecule has 0 bridgehead atoms. The van der Waals surface area contributed by atoms with Gasteiger partial charge in [0.05, 0.1) is 37.6 Å². The van der Waals surface area contributed by atoms with Crippen LogP contribution in [-0.4, -0.2) is 44.2 Å². The number of hydrogen-bond acceptors (Lipinski definition) is 5. The lowest BCUT2D eigenvalue weighted by Crippen LogP contribution is -2.08. The zero-order valence-electron chi connectivity index (χ0n) is 7.94. The molecule has 0 unspecified atom stereocenters. The van der Waals surface area contributed by atoms with Crippen LogP contribution in [0.5, 0.6) is 0 Å². The Balaban J connectivity index is 0.000000396. The fourth-order valence-corrected chi connectivity index (χ4v) is 0.662. The van der Waals surface area contributed by atoms with Crippen molar-refractivity contribution in [2.45, 2.75) is 11.5 Å². The van der Waals surface area contributed by atoms with Crippen molar-refractivity contribution in [2.75, 3.05) is 39.6 Å². The van der Waals surface area contributed by atoms with E-state index in [9.17, 15) is 0 Å². The van der Waals surface area contributed by atoms with E-state index in [-0.39, 0.29) is 4.58 Å². The first-order valence-corrected chi connectivity index (χ1v) is 5.40. The average molecular weight is 226 g/mol. The summed E-state index contributed by atoms with van der Waals surface area (Å²) in [6, 6.07) is 0. The van der Waals surface area contributed by atoms with E-state index in [4.69, 9.17) is 9.47 Å². The van der Waals surface area contributed by atoms with Gasteiger partial charge < -0.3 is 14.2 Å². The quantitative estimate of drug-likeness (QED) is 0.309. The maximum absolute atomic E-state index is 5.12. The monoisotopic (exact) mass is 226 g/mol. The van der Waals surface area contributed by atoms with Crippen molar-refractivity contribution in [3.05, 3.63) is 0 Å². The second-order valence-electron chi connectivity index (χ2n) is 2.36. The molecule has 13 heavy (non-hydrogen) atoms. The smallest absolute Gasteiger partial charge is 0.0701 e. The molecule has 5 heteroatoms. The number of ether oxygens (including phenoxy) is 3. The molecule has 1 fully saturated rings. The molecule has 0 atom stereocenters. The van der Waals surface area contributed by atoms with Crippen molar-refractivity contribution in [2.24, 2.45) is 0 Å². The predicted molar refractivity (Wildman–Crippen MR) is 59.9 cm³/mol. The second kappa shape index (κ2) is 10.7. The first-order valence-electron chi connectivity index (χ1n) is 4.36. The molecule has 0 N–H and O–H groups in total. The van der Waals surface area contributed by atoms with Crippen molar-refractivity contribution < 1.29 is 14.2 Å². The molecular formula is C8H18O3S2. The van der Waals surface area contributed by atoms with Gasteiger partial charge in [0, 0.05) is 6.61 Å². The van der Waals surface area contributed by atoms with Gasteiger partial charge in [-0.25, -0.2) is 0 Å². The molecule has 1 rings (SSSR count). The van der Waals surface area contributed by atoms with Gasteiger partial charge in [0.25, 0.3) is 0 Å². The Labute approximate surface area is 90.9 Å². The highest BCUT2D eigenvalue weighted by molar-refractivity contribution is 7.99. The van der Waals surface area contributed by atoms with Crippen molar-refractivity contribution in [1.82, 2.24) is 0 Å². The summed E-state index contributed by atoms with van der Waals surface area (Å²) in [4.78, 5) is 0. The SMILES string of the molecule is C1CO1.CCOCCOCC(S)S. The minimum atomic E-state index is 0.0154. The molecule has 1 heterocycles. The van der Waals surface area contributed by atoms with Gasteiger partial charge in [0.1, 0.15) is 0 Å². The first kappa shape index (κ1) is 13.6. The Hall–Kier alpha value is 0.580. The van der Waals surface area contributed by atoms with Gasteiger partial charge in [-0.2, -0.15) is 25.3 Å². The van der Waals surface area contributed by atoms with E-state index in [2.05, 4.69) is 30.0 Å². The molecule has 0 aromatic heterocycles. The highest BCUT2D eigenvalue weighted by Gasteiger charge is 1.94. The van der Waals surface area contributed by atoms with Crippen LogP contribution in [-0.2, 0) is 14.2 Å². The van der Waals surface area contributed by atoms with E-state index in [1.54, 1.807) is 0 Å². The Bertz CT molecular complexity index is 96.6. The summed E-state index contributed by atoms with van der Waals surface area (Å²) in [7, 11) is 0. The van der Waals surface area contributed by atoms with Gasteiger partial charge in [-0.15, -0.1) is 0 Å². The van der Waals surface area contributed by atoms with Crippen LogP contribution in [0.1, 0.15) is 6.92 Å². The van der Waals surface area contributed by atoms with Crippen LogP contribution in [0, 0.1) is 0 Å². The van der Waals surface area contributed by atoms with Crippen LogP contribution in [0.15, 0.2) is 0 Å². The minimum absolute atomic E-state index is 0.0154. The van der Waals surface area contributed by atoms with E-state index in [1.165, 1.54) is 0 Å². The molecule has 1 saturated heterocycles. The first-order chi connectivity index (χ1) is 6.27. The molecule has 80 valence electrons. The predicted octanol–water partition coefficient (Wildman–Crippen LogP) is 1.24. The summed E-state index contributed by atoms with van der Waals surface area (Å²) in [5.74, 6) is 0. The summed E-state index contributed by atoms with van der Waals surface area (Å²) >= 11 is 8.04. The third-order valence-electron chi connectivity index (χ3n) is 1.05. The molecule has 3 nitrogen and oxygen atoms in total. The summed E-state index contributed by atoms with van der Waals surface area (Å²) < 4.78 is 14.7. The molecule has 1 aliphatic heterocycles. The molecule has 0 amide bonds. The molecule has 0 saturated carbocycles. The summed E-state index contributed by atoms with van der Waals surface area (Å²) in [6.07, 6.45) is 0. The number of rotatable bonds is 6. The Morgan fingerprint density at radius 2 is 1.77 bits per heavy atom. The van der Waals surface area contributed by atoms with Gasteiger partial charge in [-0.3, -0.25) is 0 Å². The van der Waals surface area contributed by atoms with Gasteiger partial charge in [-0.1, -0.05) is 0 Å². The van der Waals surface area contributed by atoms with Crippen LogP contribution in [0.4, 0.5) is 0 Å². The molecule has 0 radical (unpaired) electrons. The number of hydrogen-bond donors (Lipinski definition) is 2.